The van der Waals surface area contributed by atoms with Crippen molar-refractivity contribution in [2.24, 2.45) is 17.8 Å². The number of aryl methyl sites for hydroxylation is 1. The van der Waals surface area contributed by atoms with Gasteiger partial charge in [-0.3, -0.25) is 4.79 Å². The molecule has 1 amide bonds. The molecule has 1 saturated heterocycles. The summed E-state index contributed by atoms with van der Waals surface area (Å²) in [4.78, 5) is 33.4. The summed E-state index contributed by atoms with van der Waals surface area (Å²) in [6, 6.07) is 5.90. The lowest BCUT2D eigenvalue weighted by atomic mass is 9.69. The number of carbonyl (C=O) groups excluding carboxylic acids is 2. The number of epoxide rings is 1. The standard InChI is InChI=1S/C27H37N3O4/c1-15(2)25(30-27(32)33-5)23(31)12-20-16(3)7-6-8-19(20)26-28-13-22(29-26)18-10-9-17(4)21(11-18)24-14-34-24/h9-11,13,15-16,19-20,24-25H,6-8,12,14H2,1-5H3,(H,28,29)(H,30,32). The first kappa shape index (κ1) is 24.5. The van der Waals surface area contributed by atoms with Gasteiger partial charge in [-0.05, 0) is 53.9 Å². The molecule has 0 spiro atoms. The van der Waals surface area contributed by atoms with E-state index in [1.165, 1.54) is 18.2 Å². The van der Waals surface area contributed by atoms with Crippen LogP contribution in [0, 0.1) is 24.7 Å². The number of nitrogens with one attached hydrogen (secondary N) is 2. The fourth-order valence-electron chi connectivity index (χ4n) is 5.39. The van der Waals surface area contributed by atoms with E-state index in [0.29, 0.717) is 12.3 Å². The molecule has 1 aliphatic carbocycles. The van der Waals surface area contributed by atoms with E-state index in [-0.39, 0.29) is 29.6 Å². The molecule has 2 N–H and O–H groups in total. The molecule has 1 aromatic carbocycles. The predicted octanol–water partition coefficient (Wildman–Crippen LogP) is 5.32. The zero-order chi connectivity index (χ0) is 24.4. The highest BCUT2D eigenvalue weighted by atomic mass is 16.6. The van der Waals surface area contributed by atoms with Gasteiger partial charge in [-0.15, -0.1) is 0 Å². The maximum Gasteiger partial charge on any atom is 0.407 e. The highest BCUT2D eigenvalue weighted by Crippen LogP contribution is 2.43. The Kier molecular flexibility index (Phi) is 7.41. The Balaban J connectivity index is 1.54. The minimum absolute atomic E-state index is 0.00894. The molecule has 184 valence electrons. The molecule has 5 unspecified atom stereocenters. The highest BCUT2D eigenvalue weighted by Gasteiger charge is 2.37. The van der Waals surface area contributed by atoms with Crippen molar-refractivity contribution in [3.63, 3.8) is 0 Å². The first-order valence-electron chi connectivity index (χ1n) is 12.4. The number of hydrogen-bond acceptors (Lipinski definition) is 5. The molecular weight excluding hydrogens is 430 g/mol. The minimum Gasteiger partial charge on any atom is -0.453 e. The number of aromatic nitrogens is 2. The van der Waals surface area contributed by atoms with Crippen LogP contribution in [0.25, 0.3) is 11.3 Å². The van der Waals surface area contributed by atoms with Crippen molar-refractivity contribution < 1.29 is 19.1 Å². The van der Waals surface area contributed by atoms with Gasteiger partial charge in [-0.1, -0.05) is 45.7 Å². The minimum atomic E-state index is -0.565. The average Bonchev–Trinajstić information content (AvgIpc) is 3.54. The van der Waals surface area contributed by atoms with Gasteiger partial charge >= 0.3 is 6.09 Å². The molecule has 4 rings (SSSR count). The Labute approximate surface area is 202 Å². The molecule has 7 nitrogen and oxygen atoms in total. The molecule has 0 radical (unpaired) electrons. The van der Waals surface area contributed by atoms with Gasteiger partial charge in [0.25, 0.3) is 0 Å². The topological polar surface area (TPSA) is 96.6 Å². The van der Waals surface area contributed by atoms with Crippen LogP contribution in [-0.2, 0) is 14.3 Å². The molecule has 5 atom stereocenters. The second-order valence-corrected chi connectivity index (χ2v) is 10.3. The van der Waals surface area contributed by atoms with Gasteiger partial charge in [0.15, 0.2) is 5.78 Å². The van der Waals surface area contributed by atoms with E-state index >= 15 is 0 Å². The van der Waals surface area contributed by atoms with Crippen LogP contribution < -0.4 is 5.32 Å². The van der Waals surface area contributed by atoms with Gasteiger partial charge in [-0.25, -0.2) is 9.78 Å². The summed E-state index contributed by atoms with van der Waals surface area (Å²) < 4.78 is 10.2. The Morgan fingerprint density at radius 3 is 2.74 bits per heavy atom. The third kappa shape index (κ3) is 5.35. The smallest absolute Gasteiger partial charge is 0.407 e. The number of benzene rings is 1. The van der Waals surface area contributed by atoms with Crippen molar-refractivity contribution in [3.8, 4) is 11.3 Å². The first-order valence-corrected chi connectivity index (χ1v) is 12.4. The lowest BCUT2D eigenvalue weighted by molar-refractivity contribution is -0.123. The molecule has 1 aliphatic heterocycles. The van der Waals surface area contributed by atoms with Crippen LogP contribution in [0.1, 0.15) is 75.4 Å². The van der Waals surface area contributed by atoms with Crippen molar-refractivity contribution in [2.45, 2.75) is 71.4 Å². The number of carbonyl (C=O) groups is 2. The van der Waals surface area contributed by atoms with E-state index in [0.717, 1.165) is 43.0 Å². The van der Waals surface area contributed by atoms with E-state index in [9.17, 15) is 9.59 Å². The molecule has 2 fully saturated rings. The van der Waals surface area contributed by atoms with Crippen LogP contribution in [0.2, 0.25) is 0 Å². The summed E-state index contributed by atoms with van der Waals surface area (Å²) in [7, 11) is 1.32. The highest BCUT2D eigenvalue weighted by molar-refractivity contribution is 5.87. The van der Waals surface area contributed by atoms with Crippen molar-refractivity contribution in [2.75, 3.05) is 13.7 Å². The van der Waals surface area contributed by atoms with Gasteiger partial charge in [-0.2, -0.15) is 0 Å². The number of imidazole rings is 1. The second-order valence-electron chi connectivity index (χ2n) is 10.3. The third-order valence-corrected chi connectivity index (χ3v) is 7.55. The number of amides is 1. The Morgan fingerprint density at radius 1 is 1.29 bits per heavy atom. The number of rotatable bonds is 8. The number of ketones is 1. The SMILES string of the molecule is COC(=O)NC(C(=O)CC1C(C)CCCC1c1ncc(-c2ccc(C)c(C3CO3)c2)[nH]1)C(C)C. The molecule has 2 aliphatic rings. The van der Waals surface area contributed by atoms with Gasteiger partial charge in [0.05, 0.1) is 31.6 Å². The fourth-order valence-corrected chi connectivity index (χ4v) is 5.39. The second kappa shape index (κ2) is 10.3. The first-order chi connectivity index (χ1) is 16.3. The molecule has 2 aromatic rings. The van der Waals surface area contributed by atoms with Crippen LogP contribution in [-0.4, -0.2) is 41.6 Å². The number of ether oxygens (including phenoxy) is 2. The van der Waals surface area contributed by atoms with Crippen LogP contribution in [0.5, 0.6) is 0 Å². The Bertz CT molecular complexity index is 1030. The van der Waals surface area contributed by atoms with Crippen molar-refractivity contribution >= 4 is 11.9 Å². The quantitative estimate of drug-likeness (QED) is 0.513. The molecule has 34 heavy (non-hydrogen) atoms. The molecular formula is C27H37N3O4. The Morgan fingerprint density at radius 2 is 2.06 bits per heavy atom. The third-order valence-electron chi connectivity index (χ3n) is 7.55. The number of alkyl carbamates (subject to hydrolysis) is 1. The number of aromatic amines is 1. The van der Waals surface area contributed by atoms with Gasteiger partial charge < -0.3 is 19.8 Å². The number of H-pyrrole nitrogens is 1. The van der Waals surface area contributed by atoms with E-state index in [1.807, 2.05) is 20.0 Å². The van der Waals surface area contributed by atoms with Crippen molar-refractivity contribution in [3.05, 3.63) is 41.3 Å². The lowest BCUT2D eigenvalue weighted by Gasteiger charge is -2.36. The number of nitrogens with zero attached hydrogens (tertiary/aromatic N) is 1. The number of methoxy groups -OCH3 is 1. The summed E-state index contributed by atoms with van der Waals surface area (Å²) in [5, 5.41) is 2.73. The van der Waals surface area contributed by atoms with Gasteiger partial charge in [0.2, 0.25) is 0 Å². The van der Waals surface area contributed by atoms with E-state index in [1.54, 1.807) is 0 Å². The summed E-state index contributed by atoms with van der Waals surface area (Å²) in [6.45, 7) is 9.03. The van der Waals surface area contributed by atoms with Crippen molar-refractivity contribution in [1.82, 2.24) is 15.3 Å². The Hall–Kier alpha value is -2.67. The van der Waals surface area contributed by atoms with Gasteiger partial charge in [0.1, 0.15) is 11.9 Å². The van der Waals surface area contributed by atoms with Crippen molar-refractivity contribution in [1.29, 1.82) is 0 Å². The van der Waals surface area contributed by atoms with E-state index in [2.05, 4.69) is 42.3 Å². The molecule has 0 bridgehead atoms. The number of Topliss-reactive ketones (excluding diaryl/α,β-unsaturated/α-hetero) is 1. The van der Waals surface area contributed by atoms with Crippen LogP contribution in [0.3, 0.4) is 0 Å². The molecule has 7 heteroatoms. The zero-order valence-electron chi connectivity index (χ0n) is 20.9. The largest absolute Gasteiger partial charge is 0.453 e. The van der Waals surface area contributed by atoms with E-state index < -0.39 is 12.1 Å². The average molecular weight is 468 g/mol. The molecule has 1 aromatic heterocycles. The summed E-state index contributed by atoms with van der Waals surface area (Å²) >= 11 is 0. The van der Waals surface area contributed by atoms with Crippen LogP contribution >= 0.6 is 0 Å². The predicted molar refractivity (Wildman–Crippen MR) is 130 cm³/mol. The summed E-state index contributed by atoms with van der Waals surface area (Å²) in [5.74, 6) is 1.76. The van der Waals surface area contributed by atoms with Crippen LogP contribution in [0.15, 0.2) is 24.4 Å². The lowest BCUT2D eigenvalue weighted by Crippen LogP contribution is -2.45. The maximum atomic E-state index is 13.3. The molecule has 1 saturated carbocycles. The van der Waals surface area contributed by atoms with Crippen LogP contribution in [0.4, 0.5) is 4.79 Å². The van der Waals surface area contributed by atoms with Gasteiger partial charge in [0, 0.05) is 12.3 Å². The zero-order valence-corrected chi connectivity index (χ0v) is 20.9. The summed E-state index contributed by atoms with van der Waals surface area (Å²) in [5.41, 5.74) is 4.58. The maximum absolute atomic E-state index is 13.3. The normalized spacial score (nSPS) is 25.1. The summed E-state index contributed by atoms with van der Waals surface area (Å²) in [6.07, 6.45) is 5.19. The molecule has 2 heterocycles. The number of hydrogen-bond donors (Lipinski definition) is 2. The monoisotopic (exact) mass is 467 g/mol. The van der Waals surface area contributed by atoms with E-state index in [4.69, 9.17) is 14.5 Å². The fraction of sp³-hybridized carbons (Fsp3) is 0.593.